The summed E-state index contributed by atoms with van der Waals surface area (Å²) in [5, 5.41) is 30.3. The average Bonchev–Trinajstić information content (AvgIpc) is 2.77. The topological polar surface area (TPSA) is 136 Å². The van der Waals surface area contributed by atoms with Crippen molar-refractivity contribution in [1.29, 1.82) is 0 Å². The normalized spacial score (nSPS) is 41.0. The molecule has 2 aliphatic rings. The minimum Gasteiger partial charge on any atom is -0.389 e. The number of ether oxygens (including phenoxy) is 2. The number of fused-ring (bicyclic) bond motifs is 1. The van der Waals surface area contributed by atoms with Crippen LogP contribution in [0.5, 0.6) is 0 Å². The van der Waals surface area contributed by atoms with E-state index in [-0.39, 0.29) is 38.1 Å². The molecule has 2 fully saturated rings. The molecule has 2 rings (SSSR count). The minimum absolute atomic E-state index is 0.0508. The largest absolute Gasteiger partial charge is 0.389 e. The molecule has 6 unspecified atom stereocenters. The van der Waals surface area contributed by atoms with Crippen molar-refractivity contribution < 1.29 is 34.9 Å². The zero-order valence-corrected chi connectivity index (χ0v) is 12.0. The number of likely N-dealkylation sites (N-methyl/N-ethyl adjacent to an activating group) is 1. The molecular weight excluding hydrogens is 284 g/mol. The lowest BCUT2D eigenvalue weighted by Crippen LogP contribution is -2.57. The fraction of sp³-hybridized carbons (Fsp3) is 1.00. The van der Waals surface area contributed by atoms with Crippen LogP contribution >= 0.6 is 0 Å². The summed E-state index contributed by atoms with van der Waals surface area (Å²) in [6.07, 6.45) is -0.463. The zero-order valence-electron chi connectivity index (χ0n) is 12.0. The first-order chi connectivity index (χ1) is 10.0. The van der Waals surface area contributed by atoms with E-state index in [0.717, 1.165) is 0 Å². The van der Waals surface area contributed by atoms with Gasteiger partial charge in [-0.25, -0.2) is 9.78 Å². The zero-order chi connectivity index (χ0) is 15.5. The summed E-state index contributed by atoms with van der Waals surface area (Å²) in [6, 6.07) is -0.752. The Bertz CT molecular complexity index is 335. The third-order valence-corrected chi connectivity index (χ3v) is 4.16. The average molecular weight is 308 g/mol. The van der Waals surface area contributed by atoms with Crippen molar-refractivity contribution in [2.45, 2.75) is 48.8 Å². The van der Waals surface area contributed by atoms with Crippen LogP contribution in [0.15, 0.2) is 0 Å². The second-order valence-corrected chi connectivity index (χ2v) is 5.76. The van der Waals surface area contributed by atoms with Crippen LogP contribution in [0.3, 0.4) is 0 Å². The SMILES string of the molecule is CNC1C(O)COC2CC(COO)(CC(N)COO)OC21. The molecule has 0 bridgehead atoms. The number of hydrogen-bond donors (Lipinski definition) is 5. The van der Waals surface area contributed by atoms with Crippen molar-refractivity contribution in [3.8, 4) is 0 Å². The van der Waals surface area contributed by atoms with Gasteiger partial charge in [-0.3, -0.25) is 10.5 Å². The van der Waals surface area contributed by atoms with Crippen LogP contribution in [0.25, 0.3) is 0 Å². The molecule has 0 spiro atoms. The lowest BCUT2D eigenvalue weighted by atomic mass is 9.89. The molecule has 0 aliphatic carbocycles. The molecule has 21 heavy (non-hydrogen) atoms. The smallest absolute Gasteiger partial charge is 0.111 e. The molecule has 9 nitrogen and oxygen atoms in total. The maximum Gasteiger partial charge on any atom is 0.111 e. The highest BCUT2D eigenvalue weighted by Gasteiger charge is 2.53. The first kappa shape index (κ1) is 17.0. The highest BCUT2D eigenvalue weighted by atomic mass is 17.1. The number of aliphatic hydroxyl groups excluding tert-OH is 1. The first-order valence-corrected chi connectivity index (χ1v) is 6.98. The van der Waals surface area contributed by atoms with E-state index >= 15 is 0 Å². The van der Waals surface area contributed by atoms with E-state index in [1.807, 2.05) is 0 Å². The number of rotatable bonds is 7. The maximum atomic E-state index is 9.96. The molecule has 0 aromatic heterocycles. The summed E-state index contributed by atoms with van der Waals surface area (Å²) in [6.45, 7) is 0.0950. The fourth-order valence-electron chi connectivity index (χ4n) is 3.29. The van der Waals surface area contributed by atoms with Crippen molar-refractivity contribution in [3.63, 3.8) is 0 Å². The predicted octanol–water partition coefficient (Wildman–Crippen LogP) is -1.44. The van der Waals surface area contributed by atoms with E-state index in [1.54, 1.807) is 7.05 Å². The van der Waals surface area contributed by atoms with Gasteiger partial charge in [0.15, 0.2) is 0 Å². The molecule has 0 aromatic carbocycles. The van der Waals surface area contributed by atoms with Crippen LogP contribution in [0, 0.1) is 0 Å². The standard InChI is InChI=1S/C12H24N2O7/c1-14-10-8(15)5-18-9-3-12(6-20-17,21-11(9)10)2-7(13)4-19-16/h7-11,14-17H,2-6,13H2,1H3. The van der Waals surface area contributed by atoms with Gasteiger partial charge in [-0.1, -0.05) is 0 Å². The lowest BCUT2D eigenvalue weighted by molar-refractivity contribution is -0.282. The van der Waals surface area contributed by atoms with Crippen molar-refractivity contribution >= 4 is 0 Å². The van der Waals surface area contributed by atoms with Gasteiger partial charge in [0.2, 0.25) is 0 Å². The summed E-state index contributed by atoms with van der Waals surface area (Å²) in [5.74, 6) is 0. The van der Waals surface area contributed by atoms with Gasteiger partial charge in [0.25, 0.3) is 0 Å². The van der Waals surface area contributed by atoms with Gasteiger partial charge in [0.05, 0.1) is 37.1 Å². The molecule has 0 radical (unpaired) electrons. The van der Waals surface area contributed by atoms with Crippen molar-refractivity contribution in [2.24, 2.45) is 5.73 Å². The minimum atomic E-state index is -0.846. The van der Waals surface area contributed by atoms with Gasteiger partial charge in [-0.2, -0.15) is 0 Å². The third kappa shape index (κ3) is 3.70. The fourth-order valence-corrected chi connectivity index (χ4v) is 3.29. The van der Waals surface area contributed by atoms with Crippen LogP contribution < -0.4 is 11.1 Å². The molecular formula is C12H24N2O7. The van der Waals surface area contributed by atoms with Crippen LogP contribution in [-0.4, -0.2) is 78.5 Å². The van der Waals surface area contributed by atoms with Gasteiger partial charge < -0.3 is 25.6 Å². The summed E-state index contributed by atoms with van der Waals surface area (Å²) >= 11 is 0. The molecule has 2 aliphatic heterocycles. The second kappa shape index (κ2) is 7.27. The van der Waals surface area contributed by atoms with E-state index in [9.17, 15) is 5.11 Å². The lowest BCUT2D eigenvalue weighted by Gasteiger charge is -2.37. The molecule has 0 saturated carbocycles. The van der Waals surface area contributed by atoms with Crippen LogP contribution in [0.4, 0.5) is 0 Å². The van der Waals surface area contributed by atoms with E-state index in [1.165, 1.54) is 0 Å². The predicted molar refractivity (Wildman–Crippen MR) is 70.6 cm³/mol. The van der Waals surface area contributed by atoms with Crippen LogP contribution in [0.2, 0.25) is 0 Å². The Morgan fingerprint density at radius 2 is 2.19 bits per heavy atom. The highest BCUT2D eigenvalue weighted by molar-refractivity contribution is 5.04. The Morgan fingerprint density at radius 3 is 2.81 bits per heavy atom. The van der Waals surface area contributed by atoms with E-state index in [4.69, 9.17) is 25.7 Å². The van der Waals surface area contributed by atoms with Gasteiger partial charge in [0.1, 0.15) is 12.7 Å². The van der Waals surface area contributed by atoms with Crippen molar-refractivity contribution in [2.75, 3.05) is 26.9 Å². The summed E-state index contributed by atoms with van der Waals surface area (Å²) < 4.78 is 11.7. The number of nitrogens with two attached hydrogens (primary N) is 1. The number of aliphatic hydroxyl groups is 1. The quantitative estimate of drug-likeness (QED) is 0.283. The van der Waals surface area contributed by atoms with E-state index in [0.29, 0.717) is 12.8 Å². The molecule has 2 heterocycles. The first-order valence-electron chi connectivity index (χ1n) is 6.98. The Balaban J connectivity index is 2.09. The number of hydrogen-bond acceptors (Lipinski definition) is 9. The van der Waals surface area contributed by atoms with Crippen LogP contribution in [0.1, 0.15) is 12.8 Å². The van der Waals surface area contributed by atoms with Crippen molar-refractivity contribution in [1.82, 2.24) is 5.32 Å². The summed E-state index contributed by atoms with van der Waals surface area (Å²) in [4.78, 5) is 8.34. The third-order valence-electron chi connectivity index (χ3n) is 4.16. The number of nitrogens with one attached hydrogen (secondary N) is 1. The molecule has 0 amide bonds. The molecule has 6 atom stereocenters. The monoisotopic (exact) mass is 308 g/mol. The van der Waals surface area contributed by atoms with Gasteiger partial charge in [-0.15, -0.1) is 0 Å². The van der Waals surface area contributed by atoms with Gasteiger partial charge in [0, 0.05) is 12.5 Å². The Kier molecular flexibility index (Phi) is 5.88. The molecule has 6 N–H and O–H groups in total. The van der Waals surface area contributed by atoms with E-state index in [2.05, 4.69) is 15.1 Å². The second-order valence-electron chi connectivity index (χ2n) is 5.76. The Labute approximate surface area is 122 Å². The van der Waals surface area contributed by atoms with Gasteiger partial charge in [-0.05, 0) is 13.5 Å². The molecule has 9 heteroatoms. The molecule has 0 aromatic rings. The summed E-state index contributed by atoms with van der Waals surface area (Å²) in [7, 11) is 1.74. The molecule has 2 saturated heterocycles. The maximum absolute atomic E-state index is 9.96. The van der Waals surface area contributed by atoms with E-state index < -0.39 is 17.7 Å². The molecule has 124 valence electrons. The summed E-state index contributed by atoms with van der Waals surface area (Å²) in [5.41, 5.74) is 5.01. The Morgan fingerprint density at radius 1 is 1.43 bits per heavy atom. The highest BCUT2D eigenvalue weighted by Crippen LogP contribution is 2.40. The van der Waals surface area contributed by atoms with Crippen LogP contribution in [-0.2, 0) is 19.2 Å². The van der Waals surface area contributed by atoms with Gasteiger partial charge >= 0.3 is 0 Å². The van der Waals surface area contributed by atoms with Crippen molar-refractivity contribution in [3.05, 3.63) is 0 Å². The Hall–Kier alpha value is -0.360.